The van der Waals surface area contributed by atoms with E-state index >= 15 is 0 Å². The summed E-state index contributed by atoms with van der Waals surface area (Å²) >= 11 is 2.17. The second kappa shape index (κ2) is 7.40. The second-order valence-electron chi connectivity index (χ2n) is 6.61. The van der Waals surface area contributed by atoms with Crippen molar-refractivity contribution in [2.24, 2.45) is 0 Å². The molecular formula is C19H20IN3O3S. The van der Waals surface area contributed by atoms with E-state index in [2.05, 4.69) is 32.5 Å². The maximum atomic E-state index is 13.1. The SMILES string of the molecule is Cc1ccc(S(=O)(=O)n2cc(I)c3cc(N4CCCOCC4)cnc32)cc1. The Kier molecular flexibility index (Phi) is 5.13. The van der Waals surface area contributed by atoms with Gasteiger partial charge >= 0.3 is 0 Å². The van der Waals surface area contributed by atoms with Crippen molar-refractivity contribution in [2.45, 2.75) is 18.2 Å². The Morgan fingerprint density at radius 3 is 2.70 bits per heavy atom. The lowest BCUT2D eigenvalue weighted by Crippen LogP contribution is -2.25. The second-order valence-corrected chi connectivity index (χ2v) is 9.59. The first kappa shape index (κ1) is 18.7. The molecule has 1 fully saturated rings. The molecule has 1 aliphatic rings. The number of halogens is 1. The number of aromatic nitrogens is 2. The van der Waals surface area contributed by atoms with Crippen molar-refractivity contribution in [3.63, 3.8) is 0 Å². The topological polar surface area (TPSA) is 64.4 Å². The van der Waals surface area contributed by atoms with Crippen molar-refractivity contribution in [2.75, 3.05) is 31.2 Å². The molecule has 142 valence electrons. The summed E-state index contributed by atoms with van der Waals surface area (Å²) in [6.45, 7) is 5.12. The molecule has 0 radical (unpaired) electrons. The number of hydrogen-bond acceptors (Lipinski definition) is 5. The first-order chi connectivity index (χ1) is 13.0. The molecule has 2 aromatic heterocycles. The zero-order valence-electron chi connectivity index (χ0n) is 14.9. The van der Waals surface area contributed by atoms with Crippen molar-refractivity contribution < 1.29 is 13.2 Å². The minimum Gasteiger partial charge on any atom is -0.380 e. The van der Waals surface area contributed by atoms with Gasteiger partial charge in [0.05, 0.1) is 23.4 Å². The number of aryl methyl sites for hydroxylation is 1. The van der Waals surface area contributed by atoms with Crippen molar-refractivity contribution >= 4 is 49.3 Å². The third-order valence-corrected chi connectivity index (χ3v) is 7.24. The van der Waals surface area contributed by atoms with E-state index in [1.165, 1.54) is 3.97 Å². The molecule has 0 spiro atoms. The van der Waals surface area contributed by atoms with Crippen molar-refractivity contribution in [1.82, 2.24) is 8.96 Å². The number of fused-ring (bicyclic) bond motifs is 1. The van der Waals surface area contributed by atoms with Crippen molar-refractivity contribution in [3.8, 4) is 0 Å². The number of benzene rings is 1. The molecule has 1 aliphatic heterocycles. The fraction of sp³-hybridized carbons (Fsp3) is 0.316. The molecule has 0 aliphatic carbocycles. The quantitative estimate of drug-likeness (QED) is 0.520. The number of pyridine rings is 1. The van der Waals surface area contributed by atoms with Gasteiger partial charge in [0.25, 0.3) is 10.0 Å². The van der Waals surface area contributed by atoms with Gasteiger partial charge in [-0.15, -0.1) is 0 Å². The Bertz CT molecular complexity index is 1070. The third kappa shape index (κ3) is 3.57. The Labute approximate surface area is 172 Å². The van der Waals surface area contributed by atoms with Gasteiger partial charge in [-0.3, -0.25) is 0 Å². The summed E-state index contributed by atoms with van der Waals surface area (Å²) in [6, 6.07) is 8.90. The smallest absolute Gasteiger partial charge is 0.269 e. The first-order valence-corrected chi connectivity index (χ1v) is 11.3. The van der Waals surface area contributed by atoms with Gasteiger partial charge in [-0.1, -0.05) is 17.7 Å². The summed E-state index contributed by atoms with van der Waals surface area (Å²) in [5.74, 6) is 0. The summed E-state index contributed by atoms with van der Waals surface area (Å²) in [7, 11) is -3.69. The van der Waals surface area contributed by atoms with Crippen LogP contribution < -0.4 is 4.90 Å². The Hall–Kier alpha value is -1.65. The highest BCUT2D eigenvalue weighted by Crippen LogP contribution is 2.29. The molecule has 1 saturated heterocycles. The van der Waals surface area contributed by atoms with Crippen LogP contribution in [0.5, 0.6) is 0 Å². The number of nitrogens with zero attached hydrogens (tertiary/aromatic N) is 3. The van der Waals surface area contributed by atoms with Gasteiger partial charge in [-0.2, -0.15) is 0 Å². The zero-order chi connectivity index (χ0) is 19.0. The van der Waals surface area contributed by atoms with Crippen LogP contribution >= 0.6 is 22.6 Å². The molecule has 0 bridgehead atoms. The maximum Gasteiger partial charge on any atom is 0.269 e. The minimum absolute atomic E-state index is 0.261. The van der Waals surface area contributed by atoms with E-state index in [1.54, 1.807) is 36.7 Å². The Balaban J connectivity index is 1.78. The number of anilines is 1. The lowest BCUT2D eigenvalue weighted by atomic mass is 10.2. The minimum atomic E-state index is -3.69. The van der Waals surface area contributed by atoms with Gasteiger partial charge in [0.15, 0.2) is 5.65 Å². The summed E-state index contributed by atoms with van der Waals surface area (Å²) in [5.41, 5.74) is 2.47. The molecule has 3 heterocycles. The Morgan fingerprint density at radius 2 is 1.93 bits per heavy atom. The van der Waals surface area contributed by atoms with Crippen molar-refractivity contribution in [3.05, 3.63) is 51.9 Å². The molecule has 0 N–H and O–H groups in total. The highest BCUT2D eigenvalue weighted by atomic mass is 127. The molecule has 0 saturated carbocycles. The molecule has 0 amide bonds. The third-order valence-electron chi connectivity index (χ3n) is 4.71. The fourth-order valence-corrected chi connectivity index (χ4v) is 5.40. The van der Waals surface area contributed by atoms with Crippen LogP contribution in [0, 0.1) is 10.5 Å². The standard InChI is InChI=1S/C19H20IN3O3S/c1-14-3-5-16(6-4-14)27(24,25)23-13-18(20)17-11-15(12-21-19(17)23)22-7-2-9-26-10-8-22/h3-6,11-13H,2,7-10H2,1H3. The monoisotopic (exact) mass is 497 g/mol. The molecule has 1 aromatic carbocycles. The van der Waals surface area contributed by atoms with Gasteiger partial charge < -0.3 is 9.64 Å². The molecular weight excluding hydrogens is 477 g/mol. The van der Waals surface area contributed by atoms with Crippen LogP contribution in [0.15, 0.2) is 47.6 Å². The van der Waals surface area contributed by atoms with E-state index < -0.39 is 10.0 Å². The molecule has 27 heavy (non-hydrogen) atoms. The molecule has 3 aromatic rings. The van der Waals surface area contributed by atoms with Gasteiger partial charge in [0, 0.05) is 34.8 Å². The predicted molar refractivity (Wildman–Crippen MR) is 114 cm³/mol. The summed E-state index contributed by atoms with van der Waals surface area (Å²) < 4.78 is 33.9. The van der Waals surface area contributed by atoms with Gasteiger partial charge in [-0.05, 0) is 54.1 Å². The normalized spacial score (nSPS) is 15.9. The molecule has 8 heteroatoms. The first-order valence-electron chi connectivity index (χ1n) is 8.78. The predicted octanol–water partition coefficient (Wildman–Crippen LogP) is 3.41. The zero-order valence-corrected chi connectivity index (χ0v) is 17.9. The maximum absolute atomic E-state index is 13.1. The molecule has 6 nitrogen and oxygen atoms in total. The van der Waals surface area contributed by atoms with Gasteiger partial charge in [-0.25, -0.2) is 17.4 Å². The summed E-state index contributed by atoms with van der Waals surface area (Å²) in [6.07, 6.45) is 4.37. The summed E-state index contributed by atoms with van der Waals surface area (Å²) in [4.78, 5) is 7.01. The van der Waals surface area contributed by atoms with Crippen LogP contribution in [0.2, 0.25) is 0 Å². The largest absolute Gasteiger partial charge is 0.380 e. The average molecular weight is 497 g/mol. The van der Waals surface area contributed by atoms with Gasteiger partial charge in [0.1, 0.15) is 0 Å². The average Bonchev–Trinajstić information content (AvgIpc) is 2.84. The van der Waals surface area contributed by atoms with Crippen LogP contribution in [0.25, 0.3) is 11.0 Å². The number of hydrogen-bond donors (Lipinski definition) is 0. The Morgan fingerprint density at radius 1 is 1.15 bits per heavy atom. The number of rotatable bonds is 3. The molecule has 0 atom stereocenters. The highest BCUT2D eigenvalue weighted by molar-refractivity contribution is 14.1. The van der Waals surface area contributed by atoms with E-state index in [4.69, 9.17) is 4.74 Å². The summed E-state index contributed by atoms with van der Waals surface area (Å²) in [5, 5.41) is 0.842. The number of ether oxygens (including phenoxy) is 1. The van der Waals surface area contributed by atoms with E-state index in [-0.39, 0.29) is 4.90 Å². The molecule has 4 rings (SSSR count). The van der Waals surface area contributed by atoms with Crippen LogP contribution in [0.1, 0.15) is 12.0 Å². The fourth-order valence-electron chi connectivity index (χ4n) is 3.22. The van der Waals surface area contributed by atoms with E-state index in [0.29, 0.717) is 12.3 Å². The highest BCUT2D eigenvalue weighted by Gasteiger charge is 2.22. The lowest BCUT2D eigenvalue weighted by molar-refractivity contribution is 0.152. The van der Waals surface area contributed by atoms with Crippen LogP contribution in [0.3, 0.4) is 0 Å². The van der Waals surface area contributed by atoms with Crippen LogP contribution in [-0.4, -0.2) is 43.7 Å². The molecule has 0 unspecified atom stereocenters. The van der Waals surface area contributed by atoms with Crippen LogP contribution in [-0.2, 0) is 14.8 Å². The van der Waals surface area contributed by atoms with Crippen LogP contribution in [0.4, 0.5) is 5.69 Å². The van der Waals surface area contributed by atoms with E-state index in [0.717, 1.165) is 46.3 Å². The van der Waals surface area contributed by atoms with Crippen molar-refractivity contribution in [1.29, 1.82) is 0 Å². The van der Waals surface area contributed by atoms with E-state index in [1.807, 2.05) is 13.0 Å². The van der Waals surface area contributed by atoms with Gasteiger partial charge in [0.2, 0.25) is 0 Å². The van der Waals surface area contributed by atoms with E-state index in [9.17, 15) is 8.42 Å². The lowest BCUT2D eigenvalue weighted by Gasteiger charge is -2.21.